The Hall–Kier alpha value is -1.75. The van der Waals surface area contributed by atoms with Crippen LogP contribution in [0.25, 0.3) is 0 Å². The predicted molar refractivity (Wildman–Crippen MR) is 65.3 cm³/mol. The minimum atomic E-state index is -0.0641. The number of amides is 1. The van der Waals surface area contributed by atoms with Crippen LogP contribution in [-0.2, 0) is 11.2 Å². The lowest BCUT2D eigenvalue weighted by Gasteiger charge is -2.08. The van der Waals surface area contributed by atoms with Crippen molar-refractivity contribution in [3.05, 3.63) is 23.8 Å². The van der Waals surface area contributed by atoms with Crippen LogP contribution in [-0.4, -0.2) is 33.2 Å². The average molecular weight is 238 g/mol. The first-order chi connectivity index (χ1) is 8.19. The Bertz CT molecular complexity index is 358. The van der Waals surface area contributed by atoms with Gasteiger partial charge in [-0.1, -0.05) is 0 Å². The van der Waals surface area contributed by atoms with Crippen molar-refractivity contribution >= 4 is 5.91 Å². The van der Waals surface area contributed by atoms with Crippen LogP contribution in [0.2, 0.25) is 0 Å². The Balaban J connectivity index is 2.72. The summed E-state index contributed by atoms with van der Waals surface area (Å²) in [5.74, 6) is 1.28. The molecule has 1 aromatic carbocycles. The average Bonchev–Trinajstić information content (AvgIpc) is 2.35. The molecule has 17 heavy (non-hydrogen) atoms. The van der Waals surface area contributed by atoms with Crippen molar-refractivity contribution in [2.75, 3.05) is 27.3 Å². The van der Waals surface area contributed by atoms with Crippen LogP contribution in [0.1, 0.15) is 5.56 Å². The molecule has 94 valence electrons. The van der Waals surface area contributed by atoms with Gasteiger partial charge >= 0.3 is 0 Å². The van der Waals surface area contributed by atoms with Crippen molar-refractivity contribution in [3.63, 3.8) is 0 Å². The molecule has 1 aromatic rings. The van der Waals surface area contributed by atoms with E-state index in [1.54, 1.807) is 20.3 Å². The van der Waals surface area contributed by atoms with Gasteiger partial charge in [0, 0.05) is 19.2 Å². The van der Waals surface area contributed by atoms with E-state index in [0.29, 0.717) is 24.6 Å². The SMILES string of the molecule is COc1cc(CC(=O)NCCN)cc(OC)c1. The fourth-order valence-corrected chi connectivity index (χ4v) is 1.43. The van der Waals surface area contributed by atoms with E-state index in [4.69, 9.17) is 15.2 Å². The van der Waals surface area contributed by atoms with E-state index in [9.17, 15) is 4.79 Å². The van der Waals surface area contributed by atoms with Gasteiger partial charge in [0.2, 0.25) is 5.91 Å². The summed E-state index contributed by atoms with van der Waals surface area (Å²) in [4.78, 5) is 11.5. The van der Waals surface area contributed by atoms with Gasteiger partial charge in [-0.05, 0) is 17.7 Å². The summed E-state index contributed by atoms with van der Waals surface area (Å²) in [6.45, 7) is 0.924. The summed E-state index contributed by atoms with van der Waals surface area (Å²) in [5.41, 5.74) is 6.15. The Morgan fingerprint density at radius 3 is 2.29 bits per heavy atom. The van der Waals surface area contributed by atoms with E-state index < -0.39 is 0 Å². The molecule has 5 heteroatoms. The third kappa shape index (κ3) is 4.32. The fraction of sp³-hybridized carbons (Fsp3) is 0.417. The highest BCUT2D eigenvalue weighted by Gasteiger charge is 2.06. The largest absolute Gasteiger partial charge is 0.497 e. The van der Waals surface area contributed by atoms with Gasteiger partial charge in [0.1, 0.15) is 11.5 Å². The third-order valence-electron chi connectivity index (χ3n) is 2.24. The molecule has 0 aliphatic heterocycles. The molecule has 5 nitrogen and oxygen atoms in total. The number of hydrogen-bond donors (Lipinski definition) is 2. The maximum atomic E-state index is 11.5. The zero-order chi connectivity index (χ0) is 12.7. The predicted octanol–water partition coefficient (Wildman–Crippen LogP) is 0.321. The minimum Gasteiger partial charge on any atom is -0.497 e. The van der Waals surface area contributed by atoms with E-state index in [0.717, 1.165) is 5.56 Å². The van der Waals surface area contributed by atoms with Gasteiger partial charge in [-0.25, -0.2) is 0 Å². The Morgan fingerprint density at radius 1 is 1.24 bits per heavy atom. The Kier molecular flexibility index (Phi) is 5.29. The highest BCUT2D eigenvalue weighted by Crippen LogP contribution is 2.22. The first kappa shape index (κ1) is 13.3. The molecule has 1 rings (SSSR count). The third-order valence-corrected chi connectivity index (χ3v) is 2.24. The smallest absolute Gasteiger partial charge is 0.224 e. The summed E-state index contributed by atoms with van der Waals surface area (Å²) in [5, 5.41) is 2.71. The summed E-state index contributed by atoms with van der Waals surface area (Å²) < 4.78 is 10.3. The molecule has 0 aliphatic rings. The summed E-state index contributed by atoms with van der Waals surface area (Å²) >= 11 is 0. The molecule has 0 fully saturated rings. The standard InChI is InChI=1S/C12H18N2O3/c1-16-10-5-9(6-11(8-10)17-2)7-12(15)14-4-3-13/h5-6,8H,3-4,7,13H2,1-2H3,(H,14,15). The van der Waals surface area contributed by atoms with Crippen LogP contribution in [0.15, 0.2) is 18.2 Å². The molecule has 0 spiro atoms. The first-order valence-corrected chi connectivity index (χ1v) is 5.38. The number of carbonyl (C=O) groups is 1. The zero-order valence-electron chi connectivity index (χ0n) is 10.2. The number of ether oxygens (including phenoxy) is 2. The molecule has 1 amide bonds. The van der Waals surface area contributed by atoms with Crippen molar-refractivity contribution < 1.29 is 14.3 Å². The molecule has 0 radical (unpaired) electrons. The maximum absolute atomic E-state index is 11.5. The number of nitrogens with two attached hydrogens (primary N) is 1. The summed E-state index contributed by atoms with van der Waals surface area (Å²) in [7, 11) is 3.15. The molecule has 0 saturated carbocycles. The van der Waals surface area contributed by atoms with Crippen molar-refractivity contribution in [3.8, 4) is 11.5 Å². The topological polar surface area (TPSA) is 73.6 Å². The second-order valence-corrected chi connectivity index (χ2v) is 3.54. The van der Waals surface area contributed by atoms with Gasteiger partial charge in [-0.15, -0.1) is 0 Å². The van der Waals surface area contributed by atoms with Gasteiger partial charge in [0.25, 0.3) is 0 Å². The van der Waals surface area contributed by atoms with Crippen LogP contribution < -0.4 is 20.5 Å². The number of methoxy groups -OCH3 is 2. The highest BCUT2D eigenvalue weighted by molar-refractivity contribution is 5.78. The molecular formula is C12H18N2O3. The maximum Gasteiger partial charge on any atom is 0.224 e. The lowest BCUT2D eigenvalue weighted by Crippen LogP contribution is -2.30. The van der Waals surface area contributed by atoms with Gasteiger partial charge < -0.3 is 20.5 Å². The van der Waals surface area contributed by atoms with Crippen LogP contribution in [0.5, 0.6) is 11.5 Å². The number of hydrogen-bond acceptors (Lipinski definition) is 4. The lowest BCUT2D eigenvalue weighted by atomic mass is 10.1. The second-order valence-electron chi connectivity index (χ2n) is 3.54. The van der Waals surface area contributed by atoms with Crippen molar-refractivity contribution in [1.82, 2.24) is 5.32 Å². The van der Waals surface area contributed by atoms with Crippen LogP contribution in [0.3, 0.4) is 0 Å². The molecule has 0 aromatic heterocycles. The monoisotopic (exact) mass is 238 g/mol. The van der Waals surface area contributed by atoms with Crippen LogP contribution in [0, 0.1) is 0 Å². The quantitative estimate of drug-likeness (QED) is 0.748. The molecule has 0 unspecified atom stereocenters. The molecule has 0 aliphatic carbocycles. The van der Waals surface area contributed by atoms with E-state index >= 15 is 0 Å². The van der Waals surface area contributed by atoms with Crippen molar-refractivity contribution in [1.29, 1.82) is 0 Å². The number of carbonyl (C=O) groups excluding carboxylic acids is 1. The van der Waals surface area contributed by atoms with Gasteiger partial charge in [0.05, 0.1) is 20.6 Å². The van der Waals surface area contributed by atoms with Gasteiger partial charge in [-0.3, -0.25) is 4.79 Å². The normalized spacial score (nSPS) is 9.82. The highest BCUT2D eigenvalue weighted by atomic mass is 16.5. The van der Waals surface area contributed by atoms with E-state index in [1.807, 2.05) is 12.1 Å². The van der Waals surface area contributed by atoms with E-state index in [2.05, 4.69) is 5.32 Å². The molecule has 0 heterocycles. The summed E-state index contributed by atoms with van der Waals surface area (Å²) in [6.07, 6.45) is 0.285. The minimum absolute atomic E-state index is 0.0641. The Labute approximate surface area is 101 Å². The van der Waals surface area contributed by atoms with Gasteiger partial charge in [-0.2, -0.15) is 0 Å². The molecule has 0 saturated heterocycles. The molecule has 3 N–H and O–H groups in total. The molecular weight excluding hydrogens is 220 g/mol. The van der Waals surface area contributed by atoms with Crippen LogP contribution >= 0.6 is 0 Å². The van der Waals surface area contributed by atoms with Crippen molar-refractivity contribution in [2.24, 2.45) is 5.73 Å². The van der Waals surface area contributed by atoms with Crippen molar-refractivity contribution in [2.45, 2.75) is 6.42 Å². The number of rotatable bonds is 6. The van der Waals surface area contributed by atoms with Gasteiger partial charge in [0.15, 0.2) is 0 Å². The molecule has 0 atom stereocenters. The zero-order valence-corrected chi connectivity index (χ0v) is 10.2. The fourth-order valence-electron chi connectivity index (χ4n) is 1.43. The summed E-state index contributed by atoms with van der Waals surface area (Å²) in [6, 6.07) is 5.39. The Morgan fingerprint density at radius 2 is 1.82 bits per heavy atom. The number of benzene rings is 1. The molecule has 0 bridgehead atoms. The van der Waals surface area contributed by atoms with E-state index in [-0.39, 0.29) is 12.3 Å². The van der Waals surface area contributed by atoms with E-state index in [1.165, 1.54) is 0 Å². The number of nitrogens with one attached hydrogen (secondary N) is 1. The lowest BCUT2D eigenvalue weighted by molar-refractivity contribution is -0.120. The first-order valence-electron chi connectivity index (χ1n) is 5.38. The second kappa shape index (κ2) is 6.75. The van der Waals surface area contributed by atoms with Crippen LogP contribution in [0.4, 0.5) is 0 Å².